The maximum absolute atomic E-state index is 12.0. The van der Waals surface area contributed by atoms with E-state index in [0.717, 1.165) is 19.4 Å². The number of aliphatic hydroxyl groups excluding tert-OH is 2. The lowest BCUT2D eigenvalue weighted by Gasteiger charge is -2.13. The molecular formula is C8H10BrNO4S2. The molecule has 8 heteroatoms. The lowest BCUT2D eigenvalue weighted by Crippen LogP contribution is -2.29. The molecule has 0 unspecified atom stereocenters. The zero-order valence-electron chi connectivity index (χ0n) is 8.08. The number of halogens is 1. The lowest BCUT2D eigenvalue weighted by molar-refractivity contribution is 0.0572. The normalized spacial score (nSPS) is 27.4. The maximum atomic E-state index is 12.0. The lowest BCUT2D eigenvalue weighted by atomic mass is 10.3. The maximum Gasteiger partial charge on any atom is 0.252 e. The van der Waals surface area contributed by atoms with Crippen LogP contribution in [0, 0.1) is 0 Å². The highest BCUT2D eigenvalue weighted by Crippen LogP contribution is 2.30. The van der Waals surface area contributed by atoms with E-state index in [0.29, 0.717) is 0 Å². The summed E-state index contributed by atoms with van der Waals surface area (Å²) in [5, 5.41) is 18.6. The van der Waals surface area contributed by atoms with Crippen molar-refractivity contribution < 1.29 is 18.6 Å². The monoisotopic (exact) mass is 327 g/mol. The molecule has 2 rings (SSSR count). The minimum Gasteiger partial charge on any atom is -0.389 e. The largest absolute Gasteiger partial charge is 0.389 e. The van der Waals surface area contributed by atoms with E-state index in [9.17, 15) is 18.6 Å². The quantitative estimate of drug-likeness (QED) is 0.815. The number of thiophene rings is 1. The van der Waals surface area contributed by atoms with Crippen molar-refractivity contribution in [2.45, 2.75) is 16.4 Å². The Bertz CT molecular complexity index is 476. The van der Waals surface area contributed by atoms with Gasteiger partial charge in [0, 0.05) is 13.1 Å². The van der Waals surface area contributed by atoms with Crippen LogP contribution >= 0.6 is 27.3 Å². The average molecular weight is 328 g/mol. The van der Waals surface area contributed by atoms with Gasteiger partial charge in [-0.05, 0) is 28.1 Å². The number of hydrogen-bond acceptors (Lipinski definition) is 5. The number of rotatable bonds is 2. The highest BCUT2D eigenvalue weighted by atomic mass is 79.9. The molecule has 1 aliphatic heterocycles. The first-order chi connectivity index (χ1) is 7.41. The van der Waals surface area contributed by atoms with Gasteiger partial charge in [-0.15, -0.1) is 11.3 Å². The summed E-state index contributed by atoms with van der Waals surface area (Å²) in [6.07, 6.45) is -2.00. The number of β-amino-alcohol motifs (C(OH)–C–C–N with tert-alkyl or cyclic N) is 2. The first-order valence-electron chi connectivity index (χ1n) is 4.53. The van der Waals surface area contributed by atoms with E-state index in [1.54, 1.807) is 6.07 Å². The Hall–Kier alpha value is 0.01000. The van der Waals surface area contributed by atoms with E-state index in [1.807, 2.05) is 0 Å². The van der Waals surface area contributed by atoms with Crippen LogP contribution in [0.5, 0.6) is 0 Å². The van der Waals surface area contributed by atoms with Gasteiger partial charge in [-0.2, -0.15) is 4.31 Å². The number of sulfonamides is 1. The predicted molar refractivity (Wildman–Crippen MR) is 62.8 cm³/mol. The van der Waals surface area contributed by atoms with Crippen molar-refractivity contribution in [1.82, 2.24) is 4.31 Å². The molecule has 0 aromatic carbocycles. The fraction of sp³-hybridized carbons (Fsp3) is 0.500. The zero-order valence-corrected chi connectivity index (χ0v) is 11.3. The van der Waals surface area contributed by atoms with Crippen LogP contribution in [-0.4, -0.2) is 48.2 Å². The number of aliphatic hydroxyl groups is 2. The van der Waals surface area contributed by atoms with Gasteiger partial charge >= 0.3 is 0 Å². The summed E-state index contributed by atoms with van der Waals surface area (Å²) in [4.78, 5) is 0. The van der Waals surface area contributed by atoms with Crippen LogP contribution < -0.4 is 0 Å². The van der Waals surface area contributed by atoms with Crippen molar-refractivity contribution in [2.75, 3.05) is 13.1 Å². The Morgan fingerprint density at radius 2 is 1.88 bits per heavy atom. The topological polar surface area (TPSA) is 77.8 Å². The van der Waals surface area contributed by atoms with Gasteiger partial charge < -0.3 is 10.2 Å². The molecule has 90 valence electrons. The smallest absolute Gasteiger partial charge is 0.252 e. The Kier molecular flexibility index (Phi) is 3.39. The van der Waals surface area contributed by atoms with E-state index >= 15 is 0 Å². The Morgan fingerprint density at radius 1 is 1.31 bits per heavy atom. The molecule has 16 heavy (non-hydrogen) atoms. The molecule has 1 aromatic heterocycles. The van der Waals surface area contributed by atoms with E-state index < -0.39 is 22.2 Å². The SMILES string of the molecule is O=S(=O)(c1ccc(Br)s1)N1C[C@@H](O)[C@@H](O)C1. The summed E-state index contributed by atoms with van der Waals surface area (Å²) in [6, 6.07) is 3.15. The Balaban J connectivity index is 2.27. The Labute approximate surface area is 106 Å². The summed E-state index contributed by atoms with van der Waals surface area (Å²) in [5.74, 6) is 0. The minimum atomic E-state index is -3.58. The molecule has 0 bridgehead atoms. The van der Waals surface area contributed by atoms with Crippen LogP contribution in [0.4, 0.5) is 0 Å². The molecule has 0 spiro atoms. The second-order valence-electron chi connectivity index (χ2n) is 3.52. The molecule has 1 saturated heterocycles. The van der Waals surface area contributed by atoms with Crippen LogP contribution in [0.25, 0.3) is 0 Å². The molecule has 2 atom stereocenters. The molecule has 0 amide bonds. The zero-order chi connectivity index (χ0) is 11.9. The summed E-state index contributed by atoms with van der Waals surface area (Å²) in [7, 11) is -3.58. The van der Waals surface area contributed by atoms with Gasteiger partial charge in [0.1, 0.15) is 4.21 Å². The summed E-state index contributed by atoms with van der Waals surface area (Å²) >= 11 is 4.30. The van der Waals surface area contributed by atoms with E-state index in [4.69, 9.17) is 0 Å². The molecule has 0 saturated carbocycles. The summed E-state index contributed by atoms with van der Waals surface area (Å²) in [6.45, 7) is -0.113. The summed E-state index contributed by atoms with van der Waals surface area (Å²) < 4.78 is 26.1. The van der Waals surface area contributed by atoms with E-state index in [1.165, 1.54) is 6.07 Å². The van der Waals surface area contributed by atoms with Crippen LogP contribution in [0.3, 0.4) is 0 Å². The van der Waals surface area contributed by atoms with Crippen molar-refractivity contribution >= 4 is 37.3 Å². The average Bonchev–Trinajstić information content (AvgIpc) is 2.75. The standard InChI is InChI=1S/C8H10BrNO4S2/c9-7-1-2-8(15-7)16(13,14)10-3-5(11)6(12)4-10/h1-2,5-6,11-12H,3-4H2/t5-,6+. The number of hydrogen-bond donors (Lipinski definition) is 2. The van der Waals surface area contributed by atoms with Crippen molar-refractivity contribution in [3.8, 4) is 0 Å². The third-order valence-electron chi connectivity index (χ3n) is 2.37. The molecular weight excluding hydrogens is 318 g/mol. The fourth-order valence-corrected chi connectivity index (χ4v) is 5.14. The van der Waals surface area contributed by atoms with Crippen LogP contribution in [0.1, 0.15) is 0 Å². The fourth-order valence-electron chi connectivity index (χ4n) is 1.49. The van der Waals surface area contributed by atoms with E-state index in [-0.39, 0.29) is 17.3 Å². The Morgan fingerprint density at radius 3 is 2.31 bits per heavy atom. The molecule has 1 aromatic rings. The van der Waals surface area contributed by atoms with Crippen LogP contribution in [-0.2, 0) is 10.0 Å². The van der Waals surface area contributed by atoms with Gasteiger partial charge in [0.25, 0.3) is 10.0 Å². The molecule has 0 aliphatic carbocycles. The minimum absolute atomic E-state index is 0.0565. The highest BCUT2D eigenvalue weighted by Gasteiger charge is 2.38. The van der Waals surface area contributed by atoms with Gasteiger partial charge in [-0.25, -0.2) is 8.42 Å². The van der Waals surface area contributed by atoms with Gasteiger partial charge in [-0.3, -0.25) is 0 Å². The predicted octanol–water partition coefficient (Wildman–Crippen LogP) is 0.237. The number of nitrogens with zero attached hydrogens (tertiary/aromatic N) is 1. The molecule has 0 radical (unpaired) electrons. The van der Waals surface area contributed by atoms with E-state index in [2.05, 4.69) is 15.9 Å². The first-order valence-corrected chi connectivity index (χ1v) is 7.58. The van der Waals surface area contributed by atoms with Crippen molar-refractivity contribution in [3.05, 3.63) is 15.9 Å². The third-order valence-corrected chi connectivity index (χ3v) is 6.29. The molecule has 1 fully saturated rings. The highest BCUT2D eigenvalue weighted by molar-refractivity contribution is 9.11. The van der Waals surface area contributed by atoms with Crippen molar-refractivity contribution in [1.29, 1.82) is 0 Å². The molecule has 1 aliphatic rings. The van der Waals surface area contributed by atoms with Gasteiger partial charge in [-0.1, -0.05) is 0 Å². The van der Waals surface area contributed by atoms with Crippen molar-refractivity contribution in [2.24, 2.45) is 0 Å². The van der Waals surface area contributed by atoms with Crippen LogP contribution in [0.2, 0.25) is 0 Å². The molecule has 2 heterocycles. The third kappa shape index (κ3) is 2.18. The van der Waals surface area contributed by atoms with Crippen molar-refractivity contribution in [3.63, 3.8) is 0 Å². The molecule has 2 N–H and O–H groups in total. The van der Waals surface area contributed by atoms with Gasteiger partial charge in [0.15, 0.2) is 0 Å². The van der Waals surface area contributed by atoms with Crippen LogP contribution in [0.15, 0.2) is 20.1 Å². The molecule has 5 nitrogen and oxygen atoms in total. The van der Waals surface area contributed by atoms with Gasteiger partial charge in [0.2, 0.25) is 0 Å². The first kappa shape index (κ1) is 12.5. The summed E-state index contributed by atoms with van der Waals surface area (Å²) in [5.41, 5.74) is 0. The van der Waals surface area contributed by atoms with Gasteiger partial charge in [0.05, 0.1) is 16.0 Å². The second-order valence-corrected chi connectivity index (χ2v) is 8.14. The second kappa shape index (κ2) is 4.35.